The second-order valence-corrected chi connectivity index (χ2v) is 7.16. The molecular formula is C21H20F2N6O. The number of nitrogens with zero attached hydrogens (tertiary/aromatic N) is 4. The fourth-order valence-corrected chi connectivity index (χ4v) is 3.47. The number of nitrogens with one attached hydrogen (secondary N) is 1. The summed E-state index contributed by atoms with van der Waals surface area (Å²) in [6, 6.07) is 7.71. The third kappa shape index (κ3) is 4.35. The largest absolute Gasteiger partial charge is 0.396 e. The number of likely N-dealkylation sites (tertiary alicyclic amines) is 1. The van der Waals surface area contributed by atoms with Crippen LogP contribution >= 0.6 is 0 Å². The van der Waals surface area contributed by atoms with Crippen LogP contribution in [0.2, 0.25) is 0 Å². The third-order valence-electron chi connectivity index (χ3n) is 5.02. The second-order valence-electron chi connectivity index (χ2n) is 7.16. The molecule has 1 atom stereocenters. The van der Waals surface area contributed by atoms with Crippen molar-refractivity contribution in [3.8, 4) is 11.3 Å². The van der Waals surface area contributed by atoms with Gasteiger partial charge in [0.2, 0.25) is 0 Å². The van der Waals surface area contributed by atoms with Crippen molar-refractivity contribution in [1.82, 2.24) is 19.9 Å². The molecule has 2 amide bonds. The molecule has 0 bridgehead atoms. The van der Waals surface area contributed by atoms with Gasteiger partial charge >= 0.3 is 6.03 Å². The summed E-state index contributed by atoms with van der Waals surface area (Å²) >= 11 is 0. The van der Waals surface area contributed by atoms with E-state index in [1.165, 1.54) is 18.2 Å². The summed E-state index contributed by atoms with van der Waals surface area (Å²) in [6.45, 7) is 1.16. The topological polar surface area (TPSA) is 97.0 Å². The summed E-state index contributed by atoms with van der Waals surface area (Å²) in [6.07, 6.45) is 4.94. The molecule has 1 aromatic carbocycles. The number of urea groups is 1. The number of aromatic nitrogens is 3. The smallest absolute Gasteiger partial charge is 0.323 e. The normalized spacial score (nSPS) is 15.9. The van der Waals surface area contributed by atoms with E-state index >= 15 is 0 Å². The zero-order valence-electron chi connectivity index (χ0n) is 16.1. The number of carbonyl (C=O) groups is 1. The maximum Gasteiger partial charge on any atom is 0.323 e. The van der Waals surface area contributed by atoms with Gasteiger partial charge in [0.05, 0.1) is 11.4 Å². The predicted molar refractivity (Wildman–Crippen MR) is 108 cm³/mol. The van der Waals surface area contributed by atoms with Gasteiger partial charge in [-0.1, -0.05) is 0 Å². The first-order valence-corrected chi connectivity index (χ1v) is 9.53. The minimum absolute atomic E-state index is 0.121. The molecule has 3 heterocycles. The van der Waals surface area contributed by atoms with Crippen LogP contribution < -0.4 is 11.1 Å². The van der Waals surface area contributed by atoms with Gasteiger partial charge in [0.1, 0.15) is 17.5 Å². The zero-order chi connectivity index (χ0) is 21.1. The van der Waals surface area contributed by atoms with Gasteiger partial charge in [-0.3, -0.25) is 5.32 Å². The van der Waals surface area contributed by atoms with Crippen molar-refractivity contribution in [2.45, 2.75) is 12.8 Å². The van der Waals surface area contributed by atoms with E-state index in [4.69, 9.17) is 5.73 Å². The quantitative estimate of drug-likeness (QED) is 0.686. The van der Waals surface area contributed by atoms with Gasteiger partial charge in [-0.05, 0) is 42.7 Å². The lowest BCUT2D eigenvalue weighted by atomic mass is 10.0. The molecule has 1 saturated heterocycles. The van der Waals surface area contributed by atoms with Crippen molar-refractivity contribution in [1.29, 1.82) is 0 Å². The molecule has 3 aromatic rings. The minimum Gasteiger partial charge on any atom is -0.396 e. The molecule has 2 aromatic heterocycles. The Balaban J connectivity index is 1.44. The van der Waals surface area contributed by atoms with E-state index in [0.717, 1.165) is 24.4 Å². The zero-order valence-corrected chi connectivity index (χ0v) is 16.1. The Hall–Kier alpha value is -3.62. The highest BCUT2D eigenvalue weighted by Gasteiger charge is 2.27. The maximum atomic E-state index is 14.1. The number of anilines is 2. The second kappa shape index (κ2) is 8.40. The van der Waals surface area contributed by atoms with Crippen molar-refractivity contribution < 1.29 is 13.6 Å². The first-order chi connectivity index (χ1) is 14.5. The van der Waals surface area contributed by atoms with Gasteiger partial charge < -0.3 is 10.6 Å². The van der Waals surface area contributed by atoms with Gasteiger partial charge in [0.25, 0.3) is 0 Å². The summed E-state index contributed by atoms with van der Waals surface area (Å²) in [4.78, 5) is 27.1. The van der Waals surface area contributed by atoms with E-state index in [-0.39, 0.29) is 34.7 Å². The molecule has 154 valence electrons. The lowest BCUT2D eigenvalue weighted by molar-refractivity contribution is 0.220. The summed E-state index contributed by atoms with van der Waals surface area (Å²) < 4.78 is 27.3. The van der Waals surface area contributed by atoms with Crippen LogP contribution in [-0.4, -0.2) is 39.0 Å². The van der Waals surface area contributed by atoms with Crippen LogP contribution in [0.15, 0.2) is 48.8 Å². The Bertz CT molecular complexity index is 1060. The van der Waals surface area contributed by atoms with Crippen LogP contribution in [-0.2, 0) is 6.42 Å². The highest BCUT2D eigenvalue weighted by molar-refractivity contribution is 5.92. The molecule has 0 spiro atoms. The van der Waals surface area contributed by atoms with Crippen LogP contribution in [0, 0.1) is 17.6 Å². The number of amides is 2. The van der Waals surface area contributed by atoms with E-state index in [1.807, 2.05) is 0 Å². The monoisotopic (exact) mass is 410 g/mol. The number of nitrogen functional groups attached to an aromatic ring is 1. The lowest BCUT2D eigenvalue weighted by Gasteiger charge is -2.18. The molecule has 1 aliphatic rings. The summed E-state index contributed by atoms with van der Waals surface area (Å²) in [7, 11) is 0. The molecule has 9 heteroatoms. The Kier molecular flexibility index (Phi) is 5.51. The lowest BCUT2D eigenvalue weighted by Crippen LogP contribution is -2.33. The number of nitrogens with two attached hydrogens (primary N) is 1. The molecular weight excluding hydrogens is 390 g/mol. The van der Waals surface area contributed by atoms with Crippen LogP contribution in [0.5, 0.6) is 0 Å². The molecule has 0 aliphatic carbocycles. The molecule has 0 radical (unpaired) electrons. The fourth-order valence-electron chi connectivity index (χ4n) is 3.47. The Morgan fingerprint density at radius 3 is 2.77 bits per heavy atom. The van der Waals surface area contributed by atoms with Crippen molar-refractivity contribution in [2.24, 2.45) is 5.92 Å². The molecule has 7 nitrogen and oxygen atoms in total. The number of halogens is 2. The average molecular weight is 410 g/mol. The molecule has 0 saturated carbocycles. The van der Waals surface area contributed by atoms with Crippen LogP contribution in [0.3, 0.4) is 0 Å². The van der Waals surface area contributed by atoms with Gasteiger partial charge in [0, 0.05) is 43.5 Å². The van der Waals surface area contributed by atoms with Crippen LogP contribution in [0.4, 0.5) is 25.1 Å². The van der Waals surface area contributed by atoms with Crippen molar-refractivity contribution in [3.05, 3.63) is 66.3 Å². The van der Waals surface area contributed by atoms with E-state index in [2.05, 4.69) is 20.3 Å². The standard InChI is InChI=1S/C21H20F2N6O/c22-14-2-3-15(16(23)11-14)18-5-4-17(24)20(27-18)28-21(30)29-9-6-13(12-29)10-19-25-7-1-8-26-19/h1-5,7-8,11,13H,6,9-10,12,24H2,(H,27,28,30). The SMILES string of the molecule is Nc1ccc(-c2ccc(F)cc2F)nc1NC(=O)N1CCC(Cc2ncccn2)C1. The molecule has 1 aliphatic heterocycles. The molecule has 30 heavy (non-hydrogen) atoms. The Morgan fingerprint density at radius 2 is 2.00 bits per heavy atom. The first-order valence-electron chi connectivity index (χ1n) is 9.53. The molecule has 4 rings (SSSR count). The van der Waals surface area contributed by atoms with E-state index in [0.29, 0.717) is 19.5 Å². The number of hydrogen-bond donors (Lipinski definition) is 2. The minimum atomic E-state index is -0.741. The Labute approximate surface area is 172 Å². The van der Waals surface area contributed by atoms with Crippen LogP contribution in [0.1, 0.15) is 12.2 Å². The van der Waals surface area contributed by atoms with Gasteiger partial charge in [-0.15, -0.1) is 0 Å². The molecule has 3 N–H and O–H groups in total. The van der Waals surface area contributed by atoms with E-state index in [1.54, 1.807) is 23.4 Å². The first kappa shape index (κ1) is 19.7. The Morgan fingerprint density at radius 1 is 1.20 bits per heavy atom. The number of carbonyl (C=O) groups excluding carboxylic acids is 1. The van der Waals surface area contributed by atoms with Crippen molar-refractivity contribution in [2.75, 3.05) is 24.1 Å². The molecule has 1 fully saturated rings. The van der Waals surface area contributed by atoms with Crippen molar-refractivity contribution in [3.63, 3.8) is 0 Å². The number of benzene rings is 1. The molecule has 1 unspecified atom stereocenters. The number of rotatable bonds is 4. The number of pyridine rings is 1. The number of hydrogen-bond acceptors (Lipinski definition) is 5. The van der Waals surface area contributed by atoms with E-state index in [9.17, 15) is 13.6 Å². The fraction of sp³-hybridized carbons (Fsp3) is 0.238. The third-order valence-corrected chi connectivity index (χ3v) is 5.02. The average Bonchev–Trinajstić information content (AvgIpc) is 3.19. The van der Waals surface area contributed by atoms with Gasteiger partial charge in [-0.2, -0.15) is 0 Å². The highest BCUT2D eigenvalue weighted by Crippen LogP contribution is 2.27. The van der Waals surface area contributed by atoms with Crippen LogP contribution in [0.25, 0.3) is 11.3 Å². The van der Waals surface area contributed by atoms with Gasteiger partial charge in [-0.25, -0.2) is 28.5 Å². The summed E-state index contributed by atoms with van der Waals surface area (Å²) in [5.41, 5.74) is 6.56. The van der Waals surface area contributed by atoms with Crippen molar-refractivity contribution >= 4 is 17.5 Å². The van der Waals surface area contributed by atoms with E-state index < -0.39 is 11.6 Å². The summed E-state index contributed by atoms with van der Waals surface area (Å²) in [5.74, 6) is -0.261. The summed E-state index contributed by atoms with van der Waals surface area (Å²) in [5, 5.41) is 2.70. The maximum absolute atomic E-state index is 14.1. The highest BCUT2D eigenvalue weighted by atomic mass is 19.1. The predicted octanol–water partition coefficient (Wildman–Crippen LogP) is 3.50. The van der Waals surface area contributed by atoms with Gasteiger partial charge in [0.15, 0.2) is 5.82 Å².